The molecule has 0 amide bonds. The van der Waals surface area contributed by atoms with Crippen LogP contribution in [-0.2, 0) is 17.1 Å². The van der Waals surface area contributed by atoms with Crippen molar-refractivity contribution in [3.63, 3.8) is 0 Å². The van der Waals surface area contributed by atoms with E-state index in [4.69, 9.17) is 0 Å². The lowest BCUT2D eigenvalue weighted by Gasteiger charge is -2.24. The van der Waals surface area contributed by atoms with Crippen LogP contribution in [-0.4, -0.2) is 21.2 Å². The fraction of sp³-hybridized carbons (Fsp3) is 0.0435. The summed E-state index contributed by atoms with van der Waals surface area (Å²) in [7, 11) is 0. The Labute approximate surface area is 315 Å². The first-order valence-corrected chi connectivity index (χ1v) is 17.5. The number of rotatable bonds is 5. The molecular weight excluding hydrogens is 727 g/mol. The molecule has 2 heterocycles. The highest BCUT2D eigenvalue weighted by molar-refractivity contribution is 6.50. The summed E-state index contributed by atoms with van der Waals surface area (Å²) in [6.07, 6.45) is -9.24. The maximum Gasteiger partial charge on any atom is 0.416 e. The van der Waals surface area contributed by atoms with Crippen molar-refractivity contribution in [1.82, 2.24) is 9.14 Å². The third-order valence-corrected chi connectivity index (χ3v) is 10.1. The summed E-state index contributed by atoms with van der Waals surface area (Å²) in [5, 5.41) is 12.8. The Kier molecular flexibility index (Phi) is 7.98. The molecule has 6 aromatic carbocycles. The Morgan fingerprint density at radius 1 is 0.554 bits per heavy atom. The average Bonchev–Trinajstić information content (AvgIpc) is 3.71. The standard InChI is InChI=1S/C46H26F6N2O2/c47-45(48,49)29-17-11-19-31(25-29)53-35-23-9-7-21-33(35)37(41(53)27-13-3-1-4-14-27)39-43(55)40(44(39)56)38-34-22-8-10-24-36(34)54(42(38)28-15-5-2-6-16-28)32-20-12-18-30(26-32)46(50,51)52/h1-26H/p+1. The fourth-order valence-electron chi connectivity index (χ4n) is 7.77. The molecule has 9 rings (SSSR count). The Morgan fingerprint density at radius 2 is 1.14 bits per heavy atom. The molecule has 1 N–H and O–H groups in total. The molecule has 4 nitrogen and oxygen atoms in total. The van der Waals surface area contributed by atoms with Gasteiger partial charge in [0.2, 0.25) is 22.9 Å². The molecule has 1 aliphatic carbocycles. The lowest BCUT2D eigenvalue weighted by Crippen LogP contribution is -2.26. The monoisotopic (exact) mass is 753 g/mol. The summed E-state index contributed by atoms with van der Waals surface area (Å²) >= 11 is 0. The number of Topliss-reactive ketones (excluding diaryl/α,β-unsaturated/α-hetero) is 1. The molecule has 1 aliphatic heterocycles. The van der Waals surface area contributed by atoms with Crippen molar-refractivity contribution in [1.29, 1.82) is 0 Å². The molecule has 0 spiro atoms. The van der Waals surface area contributed by atoms with Crippen molar-refractivity contribution in [3.05, 3.63) is 197 Å². The zero-order valence-electron chi connectivity index (χ0n) is 29.0. The van der Waals surface area contributed by atoms with Crippen molar-refractivity contribution in [2.75, 3.05) is 0 Å². The maximum absolute atomic E-state index is 14.9. The second-order valence-electron chi connectivity index (χ2n) is 13.4. The molecule has 10 heteroatoms. The van der Waals surface area contributed by atoms with E-state index in [1.54, 1.807) is 130 Å². The Bertz CT molecular complexity index is 2850. The predicted octanol–water partition coefficient (Wildman–Crippen LogP) is 12.0. The van der Waals surface area contributed by atoms with Gasteiger partial charge in [-0.15, -0.1) is 0 Å². The van der Waals surface area contributed by atoms with E-state index < -0.39 is 29.3 Å². The zero-order valence-corrected chi connectivity index (χ0v) is 29.0. The van der Waals surface area contributed by atoms with Crippen LogP contribution in [0, 0.1) is 0 Å². The normalized spacial score (nSPS) is 15.8. The minimum Gasteiger partial charge on any atom is -0.506 e. The van der Waals surface area contributed by atoms with E-state index in [0.717, 1.165) is 24.3 Å². The van der Waals surface area contributed by atoms with Crippen LogP contribution < -0.4 is 4.58 Å². The quantitative estimate of drug-likeness (QED) is 0.108. The number of aliphatic hydroxyl groups is 1. The number of halogens is 6. The summed E-state index contributed by atoms with van der Waals surface area (Å²) in [4.78, 5) is 14.9. The van der Waals surface area contributed by atoms with Gasteiger partial charge in [0.25, 0.3) is 0 Å². The molecule has 0 radical (unpaired) electrons. The lowest BCUT2D eigenvalue weighted by molar-refractivity contribution is -0.138. The number of carbonyl (C=O) groups excluding carboxylic acids is 1. The SMILES string of the molecule is O=C1C(c2c(-c3ccccc3)n(-c3cccc(C(F)(F)F)c3)c3ccccc23)=C(O)/C1=C1/C(c2ccccc2)=[N+](c2cccc(C(F)(F)F)c2)c2ccccc21. The first-order chi connectivity index (χ1) is 26.9. The number of hydrogen-bond acceptors (Lipinski definition) is 2. The molecule has 7 aromatic rings. The number of aliphatic hydroxyl groups excluding tert-OH is 1. The summed E-state index contributed by atoms with van der Waals surface area (Å²) in [5.74, 6) is -0.876. The van der Waals surface area contributed by atoms with E-state index in [-0.39, 0.29) is 28.3 Å². The maximum atomic E-state index is 14.9. The number of allylic oxidation sites excluding steroid dienone is 3. The van der Waals surface area contributed by atoms with Crippen LogP contribution >= 0.6 is 0 Å². The van der Waals surface area contributed by atoms with Crippen molar-refractivity contribution >= 4 is 44.9 Å². The molecule has 0 unspecified atom stereocenters. The number of alkyl halides is 6. The highest BCUT2D eigenvalue weighted by Crippen LogP contribution is 2.51. The second-order valence-corrected chi connectivity index (χ2v) is 13.4. The number of carbonyl (C=O) groups is 1. The van der Waals surface area contributed by atoms with Gasteiger partial charge in [0, 0.05) is 40.4 Å². The number of nitrogens with zero attached hydrogens (tertiary/aromatic N) is 2. The minimum atomic E-state index is -4.62. The van der Waals surface area contributed by atoms with Crippen LogP contribution in [0.4, 0.5) is 37.7 Å². The fourth-order valence-corrected chi connectivity index (χ4v) is 7.77. The van der Waals surface area contributed by atoms with Gasteiger partial charge in [-0.25, -0.2) is 0 Å². The number of benzene rings is 6. The number of fused-ring (bicyclic) bond motifs is 2. The smallest absolute Gasteiger partial charge is 0.416 e. The van der Waals surface area contributed by atoms with Crippen LogP contribution in [0.25, 0.3) is 39.0 Å². The Hall–Kier alpha value is -6.94. The predicted molar refractivity (Wildman–Crippen MR) is 205 cm³/mol. The van der Waals surface area contributed by atoms with E-state index in [1.165, 1.54) is 12.1 Å². The van der Waals surface area contributed by atoms with Crippen LogP contribution in [0.2, 0.25) is 0 Å². The van der Waals surface area contributed by atoms with Gasteiger partial charge in [0.15, 0.2) is 0 Å². The summed E-state index contributed by atoms with van der Waals surface area (Å²) in [6.45, 7) is 0. The molecule has 0 saturated carbocycles. The highest BCUT2D eigenvalue weighted by Gasteiger charge is 2.48. The van der Waals surface area contributed by atoms with E-state index in [2.05, 4.69) is 0 Å². The van der Waals surface area contributed by atoms with E-state index in [0.29, 0.717) is 55.8 Å². The second kappa shape index (κ2) is 12.8. The Balaban J connectivity index is 1.36. The zero-order chi connectivity index (χ0) is 38.9. The molecule has 274 valence electrons. The van der Waals surface area contributed by atoms with E-state index in [1.807, 2.05) is 0 Å². The van der Waals surface area contributed by atoms with Crippen LogP contribution in [0.5, 0.6) is 0 Å². The molecule has 0 atom stereocenters. The molecule has 0 fully saturated rings. The van der Waals surface area contributed by atoms with Crippen molar-refractivity contribution in [2.45, 2.75) is 12.4 Å². The van der Waals surface area contributed by atoms with Gasteiger partial charge in [-0.2, -0.15) is 30.9 Å². The number of aromatic nitrogens is 1. The van der Waals surface area contributed by atoms with Crippen molar-refractivity contribution in [3.8, 4) is 16.9 Å². The van der Waals surface area contributed by atoms with Crippen LogP contribution in [0.15, 0.2) is 169 Å². The lowest BCUT2D eigenvalue weighted by atomic mass is 9.77. The van der Waals surface area contributed by atoms with Gasteiger partial charge in [0.1, 0.15) is 5.76 Å². The minimum absolute atomic E-state index is 0.0318. The number of hydrogen-bond donors (Lipinski definition) is 1. The van der Waals surface area contributed by atoms with Crippen molar-refractivity contribution in [2.24, 2.45) is 0 Å². The third kappa shape index (κ3) is 5.47. The van der Waals surface area contributed by atoms with Gasteiger partial charge in [-0.3, -0.25) is 4.79 Å². The van der Waals surface area contributed by atoms with Gasteiger partial charge in [0.05, 0.1) is 44.6 Å². The van der Waals surface area contributed by atoms with Crippen molar-refractivity contribution < 1.29 is 36.2 Å². The number of para-hydroxylation sites is 2. The molecule has 1 aromatic heterocycles. The highest BCUT2D eigenvalue weighted by atomic mass is 19.4. The number of ketones is 1. The summed E-state index contributed by atoms with van der Waals surface area (Å²) in [5.41, 5.74) is 2.81. The average molecular weight is 754 g/mol. The third-order valence-electron chi connectivity index (χ3n) is 10.1. The molecule has 0 saturated heterocycles. The molecular formula is C46H27F6N2O2+. The van der Waals surface area contributed by atoms with E-state index >= 15 is 0 Å². The first-order valence-electron chi connectivity index (χ1n) is 17.5. The summed E-state index contributed by atoms with van der Waals surface area (Å²) in [6, 6.07) is 41.6. The molecule has 2 aliphatic rings. The largest absolute Gasteiger partial charge is 0.506 e. The Morgan fingerprint density at radius 3 is 1.82 bits per heavy atom. The van der Waals surface area contributed by atoms with Gasteiger partial charge in [-0.1, -0.05) is 91.0 Å². The first kappa shape index (κ1) is 34.8. The van der Waals surface area contributed by atoms with E-state index in [9.17, 15) is 36.2 Å². The molecule has 0 bridgehead atoms. The van der Waals surface area contributed by atoms with Gasteiger partial charge in [-0.05, 0) is 54.1 Å². The topological polar surface area (TPSA) is 45.2 Å². The van der Waals surface area contributed by atoms with Crippen LogP contribution in [0.3, 0.4) is 0 Å². The summed E-state index contributed by atoms with van der Waals surface area (Å²) < 4.78 is 87.5. The van der Waals surface area contributed by atoms with Crippen LogP contribution in [0.1, 0.15) is 27.8 Å². The molecule has 56 heavy (non-hydrogen) atoms. The van der Waals surface area contributed by atoms with Gasteiger partial charge < -0.3 is 9.67 Å². The van der Waals surface area contributed by atoms with Gasteiger partial charge >= 0.3 is 12.4 Å².